The first kappa shape index (κ1) is 51.5. The van der Waals surface area contributed by atoms with Gasteiger partial charge in [-0.1, -0.05) is 182 Å². The molecule has 6 aromatic rings. The van der Waals surface area contributed by atoms with E-state index in [9.17, 15) is 9.90 Å². The highest BCUT2D eigenvalue weighted by molar-refractivity contribution is 14.1. The minimum absolute atomic E-state index is 0.0713. The topological polar surface area (TPSA) is 130 Å². The van der Waals surface area contributed by atoms with Crippen LogP contribution in [0, 0.1) is 3.57 Å². The molecule has 0 spiro atoms. The van der Waals surface area contributed by atoms with Gasteiger partial charge in [-0.3, -0.25) is 4.79 Å². The van der Waals surface area contributed by atoms with Gasteiger partial charge in [0.2, 0.25) is 0 Å². The Morgan fingerprint density at radius 3 is 1.73 bits per heavy atom. The molecule has 14 heteroatoms. The summed E-state index contributed by atoms with van der Waals surface area (Å²) in [4.78, 5) is 14.6. The standard InChI is InChI=1S/C57H59IO12S/c1-61-54-53(65-36-42-25-13-5-14-26-42)52(64-35-41-23-11-4-12-24-41)50(46(67-54)37-62-33-39-19-7-2-8-20-39)69-55-51(63-34-40-21-9-3-10-22-40)48(59)49-47(68-55)38-66-57(70-49,44-28-15-6-16-29-44)56(60)71-32-31-43-27-17-18-30-45(43)58/h2-30,46-55,59H,31-38H2,1H3/t46-,47-,48+,49-,50-,51+,52+,53-,54+,55+,57-/m1/s1. The van der Waals surface area contributed by atoms with Crippen molar-refractivity contribution >= 4 is 39.5 Å². The van der Waals surface area contributed by atoms with Gasteiger partial charge in [-0.15, -0.1) is 0 Å². The van der Waals surface area contributed by atoms with Gasteiger partial charge < -0.3 is 52.5 Å². The highest BCUT2D eigenvalue weighted by Gasteiger charge is 2.59. The van der Waals surface area contributed by atoms with Gasteiger partial charge in [-0.25, -0.2) is 0 Å². The van der Waals surface area contributed by atoms with Crippen molar-refractivity contribution in [2.45, 2.75) is 100 Å². The summed E-state index contributed by atoms with van der Waals surface area (Å²) < 4.78 is 68.0. The quantitative estimate of drug-likeness (QED) is 0.0689. The van der Waals surface area contributed by atoms with E-state index in [4.69, 9.17) is 47.4 Å². The summed E-state index contributed by atoms with van der Waals surface area (Å²) in [6.07, 6.45) is -9.39. The number of carbonyl (C=O) groups excluding carboxylic acids is 1. The minimum Gasteiger partial charge on any atom is -0.387 e. The van der Waals surface area contributed by atoms with Crippen LogP contribution in [0.5, 0.6) is 0 Å². The lowest BCUT2D eigenvalue weighted by atomic mass is 9.94. The zero-order valence-corrected chi connectivity index (χ0v) is 42.4. The number of halogens is 1. The third kappa shape index (κ3) is 13.1. The van der Waals surface area contributed by atoms with Crippen LogP contribution in [-0.4, -0.2) is 97.7 Å². The predicted octanol–water partition coefficient (Wildman–Crippen LogP) is 9.18. The van der Waals surface area contributed by atoms with Crippen LogP contribution < -0.4 is 0 Å². The molecule has 0 aliphatic carbocycles. The molecule has 11 atom stereocenters. The van der Waals surface area contributed by atoms with Crippen molar-refractivity contribution in [1.82, 2.24) is 0 Å². The fraction of sp³-hybridized carbons (Fsp3) is 0.351. The zero-order chi connectivity index (χ0) is 48.8. The number of aryl methyl sites for hydroxylation is 1. The smallest absolute Gasteiger partial charge is 0.267 e. The maximum atomic E-state index is 14.6. The minimum atomic E-state index is -1.85. The molecule has 6 aromatic carbocycles. The van der Waals surface area contributed by atoms with Crippen LogP contribution in [0.4, 0.5) is 0 Å². The molecule has 0 unspecified atom stereocenters. The monoisotopic (exact) mass is 1090 g/mol. The molecule has 3 heterocycles. The summed E-state index contributed by atoms with van der Waals surface area (Å²) in [6.45, 7) is 0.800. The van der Waals surface area contributed by atoms with E-state index in [0.29, 0.717) is 24.3 Å². The number of ether oxygens (including phenoxy) is 10. The van der Waals surface area contributed by atoms with E-state index in [1.165, 1.54) is 0 Å². The third-order valence-electron chi connectivity index (χ3n) is 12.7. The molecular weight excluding hydrogens is 1040 g/mol. The number of carbonyl (C=O) groups is 1. The number of thioether (sulfide) groups is 1. The molecule has 0 radical (unpaired) electrons. The van der Waals surface area contributed by atoms with Gasteiger partial charge in [0.05, 0.1) is 39.6 Å². The van der Waals surface area contributed by atoms with Crippen molar-refractivity contribution in [1.29, 1.82) is 0 Å². The van der Waals surface area contributed by atoms with Crippen molar-refractivity contribution in [3.8, 4) is 0 Å². The average Bonchev–Trinajstić information content (AvgIpc) is 3.42. The molecule has 71 heavy (non-hydrogen) atoms. The summed E-state index contributed by atoms with van der Waals surface area (Å²) >= 11 is 3.45. The number of rotatable bonds is 21. The second-order valence-electron chi connectivity index (χ2n) is 17.6. The van der Waals surface area contributed by atoms with Crippen LogP contribution in [0.15, 0.2) is 176 Å². The van der Waals surface area contributed by atoms with Crippen molar-refractivity contribution in [2.75, 3.05) is 26.1 Å². The highest BCUT2D eigenvalue weighted by Crippen LogP contribution is 2.43. The van der Waals surface area contributed by atoms with Crippen LogP contribution >= 0.6 is 34.4 Å². The Kier molecular flexibility index (Phi) is 18.5. The number of aliphatic hydroxyl groups excluding tert-OH is 1. The van der Waals surface area contributed by atoms with Gasteiger partial charge in [0.15, 0.2) is 12.6 Å². The lowest BCUT2D eigenvalue weighted by Crippen LogP contribution is -2.68. The number of aliphatic hydroxyl groups is 1. The van der Waals surface area contributed by atoms with Crippen molar-refractivity contribution in [2.24, 2.45) is 0 Å². The van der Waals surface area contributed by atoms with Crippen molar-refractivity contribution in [3.63, 3.8) is 0 Å². The first-order chi connectivity index (χ1) is 34.9. The Morgan fingerprint density at radius 2 is 1.15 bits per heavy atom. The SMILES string of the molecule is CO[C@H]1O[C@H](COCc2ccccc2)[C@@H](O[C@@H]2O[C@@H]3CO[C@](C(=O)SCCc4ccccc4I)(c4ccccc4)O[C@H]3[C@H](O)[C@@H]2OCc2ccccc2)[C@H](OCc2ccccc2)[C@H]1OCc1ccccc1. The lowest BCUT2D eigenvalue weighted by Gasteiger charge is -2.52. The molecule has 3 saturated heterocycles. The van der Waals surface area contributed by atoms with Gasteiger partial charge in [0, 0.05) is 22.0 Å². The molecule has 372 valence electrons. The Morgan fingerprint density at radius 1 is 0.634 bits per heavy atom. The van der Waals surface area contributed by atoms with Crippen LogP contribution in [0.1, 0.15) is 33.4 Å². The van der Waals surface area contributed by atoms with E-state index >= 15 is 0 Å². The molecule has 0 aromatic heterocycles. The Balaban J connectivity index is 1.03. The molecule has 12 nitrogen and oxygen atoms in total. The van der Waals surface area contributed by atoms with Crippen LogP contribution in [0.3, 0.4) is 0 Å². The number of benzene rings is 6. The summed E-state index contributed by atoms with van der Waals surface area (Å²) in [7, 11) is 1.57. The largest absolute Gasteiger partial charge is 0.387 e. The molecule has 0 amide bonds. The van der Waals surface area contributed by atoms with Gasteiger partial charge >= 0.3 is 0 Å². The molecule has 3 aliphatic heterocycles. The third-order valence-corrected chi connectivity index (χ3v) is 14.7. The maximum absolute atomic E-state index is 14.6. The van der Waals surface area contributed by atoms with Crippen LogP contribution in [0.25, 0.3) is 0 Å². The molecule has 3 aliphatic rings. The first-order valence-corrected chi connectivity index (χ1v) is 26.0. The lowest BCUT2D eigenvalue weighted by molar-refractivity contribution is -0.404. The van der Waals surface area contributed by atoms with Gasteiger partial charge in [-0.2, -0.15) is 0 Å². The molecule has 0 bridgehead atoms. The van der Waals surface area contributed by atoms with E-state index < -0.39 is 67.2 Å². The van der Waals surface area contributed by atoms with Gasteiger partial charge in [-0.05, 0) is 62.9 Å². The second kappa shape index (κ2) is 25.5. The summed E-state index contributed by atoms with van der Waals surface area (Å²) in [5, 5.41) is 12.4. The molecule has 1 N–H and O–H groups in total. The van der Waals surface area contributed by atoms with E-state index in [1.54, 1.807) is 19.2 Å². The van der Waals surface area contributed by atoms with Crippen molar-refractivity contribution < 1.29 is 57.3 Å². The summed E-state index contributed by atoms with van der Waals surface area (Å²) in [6, 6.07) is 56.4. The number of methoxy groups -OCH3 is 1. The summed E-state index contributed by atoms with van der Waals surface area (Å²) in [5.74, 6) is -1.37. The Bertz CT molecular complexity index is 2530. The Hall–Kier alpha value is -4.37. The molecule has 3 fully saturated rings. The van der Waals surface area contributed by atoms with E-state index in [0.717, 1.165) is 43.1 Å². The highest BCUT2D eigenvalue weighted by atomic mass is 127. The van der Waals surface area contributed by atoms with E-state index in [-0.39, 0.29) is 38.1 Å². The number of hydrogen-bond acceptors (Lipinski definition) is 13. The number of fused-ring (bicyclic) bond motifs is 1. The predicted molar refractivity (Wildman–Crippen MR) is 276 cm³/mol. The fourth-order valence-corrected chi connectivity index (χ4v) is 10.6. The van der Waals surface area contributed by atoms with Crippen LogP contribution in [-0.2, 0) is 90.8 Å². The summed E-state index contributed by atoms with van der Waals surface area (Å²) in [5.41, 5.74) is 5.37. The van der Waals surface area contributed by atoms with Gasteiger partial charge in [0.1, 0.15) is 48.8 Å². The Labute approximate surface area is 433 Å². The van der Waals surface area contributed by atoms with E-state index in [1.807, 2.05) is 158 Å². The van der Waals surface area contributed by atoms with E-state index in [2.05, 4.69) is 28.7 Å². The molecule has 9 rings (SSSR count). The number of hydrogen-bond donors (Lipinski definition) is 1. The fourth-order valence-electron chi connectivity index (χ4n) is 9.02. The second-order valence-corrected chi connectivity index (χ2v) is 19.8. The van der Waals surface area contributed by atoms with Crippen LogP contribution in [0.2, 0.25) is 0 Å². The van der Waals surface area contributed by atoms with Crippen molar-refractivity contribution in [3.05, 3.63) is 213 Å². The maximum Gasteiger partial charge on any atom is 0.267 e. The van der Waals surface area contributed by atoms with Gasteiger partial charge in [0.25, 0.3) is 10.9 Å². The molecule has 0 saturated carbocycles. The molecular formula is C57H59IO12S. The average molecular weight is 1100 g/mol. The zero-order valence-electron chi connectivity index (χ0n) is 39.4. The first-order valence-electron chi connectivity index (χ1n) is 23.9. The normalized spacial score (nSPS) is 27.4.